The van der Waals surface area contributed by atoms with E-state index < -0.39 is 5.97 Å². The van der Waals surface area contributed by atoms with Gasteiger partial charge in [-0.3, -0.25) is 0 Å². The van der Waals surface area contributed by atoms with Crippen LogP contribution in [0.15, 0.2) is 42.5 Å². The molecular formula is C18H20O3. The smallest absolute Gasteiger partial charge is 0.335 e. The summed E-state index contributed by atoms with van der Waals surface area (Å²) in [6.07, 6.45) is 1.11. The van der Waals surface area contributed by atoms with Gasteiger partial charge in [-0.1, -0.05) is 26.0 Å². The van der Waals surface area contributed by atoms with Crippen molar-refractivity contribution in [1.82, 2.24) is 0 Å². The van der Waals surface area contributed by atoms with Crippen molar-refractivity contribution in [1.29, 1.82) is 0 Å². The molecular weight excluding hydrogens is 264 g/mol. The molecule has 0 saturated heterocycles. The number of carboxylic acids is 1. The molecule has 3 heteroatoms. The number of hydrogen-bond acceptors (Lipinski definition) is 2. The first-order chi connectivity index (χ1) is 10.0. The second kappa shape index (κ2) is 6.44. The molecule has 0 fully saturated rings. The number of carboxylic acid groups (broad SMARTS) is 1. The van der Waals surface area contributed by atoms with Gasteiger partial charge in [0.2, 0.25) is 0 Å². The Morgan fingerprint density at radius 1 is 1.19 bits per heavy atom. The maximum atomic E-state index is 10.9. The van der Waals surface area contributed by atoms with Crippen molar-refractivity contribution in [2.45, 2.75) is 33.1 Å². The molecule has 1 N–H and O–H groups in total. The van der Waals surface area contributed by atoms with Gasteiger partial charge >= 0.3 is 5.97 Å². The van der Waals surface area contributed by atoms with Gasteiger partial charge in [0.15, 0.2) is 0 Å². The van der Waals surface area contributed by atoms with E-state index in [1.165, 1.54) is 5.56 Å². The van der Waals surface area contributed by atoms with E-state index in [0.29, 0.717) is 11.7 Å². The van der Waals surface area contributed by atoms with Crippen LogP contribution in [-0.4, -0.2) is 11.1 Å². The molecule has 1 unspecified atom stereocenters. The van der Waals surface area contributed by atoms with E-state index in [4.69, 9.17) is 9.84 Å². The molecule has 0 heterocycles. The third kappa shape index (κ3) is 3.63. The highest BCUT2D eigenvalue weighted by Crippen LogP contribution is 2.27. The lowest BCUT2D eigenvalue weighted by atomic mass is 9.99. The van der Waals surface area contributed by atoms with Crippen LogP contribution in [0.1, 0.15) is 47.7 Å². The molecule has 2 aromatic rings. The van der Waals surface area contributed by atoms with Crippen molar-refractivity contribution >= 4 is 5.97 Å². The summed E-state index contributed by atoms with van der Waals surface area (Å²) in [5.41, 5.74) is 2.37. The predicted octanol–water partition coefficient (Wildman–Crippen LogP) is 5.00. The second-order valence-electron chi connectivity index (χ2n) is 5.27. The van der Waals surface area contributed by atoms with Crippen molar-refractivity contribution < 1.29 is 14.6 Å². The highest BCUT2D eigenvalue weighted by Gasteiger charge is 2.08. The Morgan fingerprint density at radius 3 is 2.38 bits per heavy atom. The SMILES string of the molecule is CCC(C)c1ccc(Oc2ccc(C(=O)O)cc2C)cc1. The molecule has 0 spiro atoms. The van der Waals surface area contributed by atoms with Crippen molar-refractivity contribution in [3.63, 3.8) is 0 Å². The number of ether oxygens (including phenoxy) is 1. The lowest BCUT2D eigenvalue weighted by Gasteiger charge is -2.12. The lowest BCUT2D eigenvalue weighted by molar-refractivity contribution is 0.0697. The van der Waals surface area contributed by atoms with Gasteiger partial charge in [0, 0.05) is 0 Å². The zero-order valence-electron chi connectivity index (χ0n) is 12.6. The molecule has 0 bridgehead atoms. The average molecular weight is 284 g/mol. The minimum Gasteiger partial charge on any atom is -0.478 e. The van der Waals surface area contributed by atoms with Crippen LogP contribution in [0.3, 0.4) is 0 Å². The maximum Gasteiger partial charge on any atom is 0.335 e. The molecule has 2 rings (SSSR count). The number of hydrogen-bond donors (Lipinski definition) is 1. The highest BCUT2D eigenvalue weighted by atomic mass is 16.5. The first-order valence-corrected chi connectivity index (χ1v) is 7.13. The Balaban J connectivity index is 2.16. The number of aromatic carboxylic acids is 1. The Bertz CT molecular complexity index is 629. The van der Waals surface area contributed by atoms with Crippen LogP contribution in [0.5, 0.6) is 11.5 Å². The van der Waals surface area contributed by atoms with Gasteiger partial charge in [0.05, 0.1) is 5.56 Å². The molecule has 0 amide bonds. The lowest BCUT2D eigenvalue weighted by Crippen LogP contribution is -1.97. The summed E-state index contributed by atoms with van der Waals surface area (Å²) in [5, 5.41) is 8.95. The quantitative estimate of drug-likeness (QED) is 0.840. The molecule has 110 valence electrons. The largest absolute Gasteiger partial charge is 0.478 e. The summed E-state index contributed by atoms with van der Waals surface area (Å²) >= 11 is 0. The van der Waals surface area contributed by atoms with Gasteiger partial charge in [-0.2, -0.15) is 0 Å². The Hall–Kier alpha value is -2.29. The van der Waals surface area contributed by atoms with Crippen molar-refractivity contribution in [3.05, 3.63) is 59.2 Å². The van der Waals surface area contributed by atoms with Gasteiger partial charge in [-0.15, -0.1) is 0 Å². The zero-order chi connectivity index (χ0) is 15.4. The van der Waals surface area contributed by atoms with Crippen LogP contribution in [0.4, 0.5) is 0 Å². The standard InChI is InChI=1S/C18H20O3/c1-4-12(2)14-5-8-16(9-6-14)21-17-10-7-15(18(19)20)11-13(17)3/h5-12H,4H2,1-3H3,(H,19,20). The van der Waals surface area contributed by atoms with Gasteiger partial charge < -0.3 is 9.84 Å². The maximum absolute atomic E-state index is 10.9. The van der Waals surface area contributed by atoms with Crippen LogP contribution >= 0.6 is 0 Å². The van der Waals surface area contributed by atoms with Crippen LogP contribution in [0.2, 0.25) is 0 Å². The average Bonchev–Trinajstić information content (AvgIpc) is 2.49. The van der Waals surface area contributed by atoms with E-state index in [-0.39, 0.29) is 5.56 Å². The Kier molecular flexibility index (Phi) is 4.63. The van der Waals surface area contributed by atoms with Crippen molar-refractivity contribution in [3.8, 4) is 11.5 Å². The minimum atomic E-state index is -0.928. The Morgan fingerprint density at radius 2 is 1.86 bits per heavy atom. The molecule has 0 radical (unpaired) electrons. The molecule has 0 aliphatic heterocycles. The van der Waals surface area contributed by atoms with E-state index >= 15 is 0 Å². The van der Waals surface area contributed by atoms with E-state index in [1.807, 2.05) is 19.1 Å². The van der Waals surface area contributed by atoms with E-state index in [1.54, 1.807) is 18.2 Å². The Labute approximate surface area is 125 Å². The summed E-state index contributed by atoms with van der Waals surface area (Å²) in [4.78, 5) is 10.9. The van der Waals surface area contributed by atoms with Crippen molar-refractivity contribution in [2.24, 2.45) is 0 Å². The van der Waals surface area contributed by atoms with Crippen molar-refractivity contribution in [2.75, 3.05) is 0 Å². The van der Waals surface area contributed by atoms with Crippen LogP contribution < -0.4 is 4.74 Å². The van der Waals surface area contributed by atoms with Gasteiger partial charge in [0.1, 0.15) is 11.5 Å². The van der Waals surface area contributed by atoms with Crippen LogP contribution in [-0.2, 0) is 0 Å². The molecule has 1 atom stereocenters. The fraction of sp³-hybridized carbons (Fsp3) is 0.278. The summed E-state index contributed by atoms with van der Waals surface area (Å²) < 4.78 is 5.82. The molecule has 0 aliphatic rings. The second-order valence-corrected chi connectivity index (χ2v) is 5.27. The number of rotatable bonds is 5. The molecule has 0 aromatic heterocycles. The summed E-state index contributed by atoms with van der Waals surface area (Å²) in [6, 6.07) is 12.9. The topological polar surface area (TPSA) is 46.5 Å². The van der Waals surface area contributed by atoms with Gasteiger partial charge in [-0.25, -0.2) is 4.79 Å². The fourth-order valence-corrected chi connectivity index (χ4v) is 2.12. The van der Waals surface area contributed by atoms with Crippen LogP contribution in [0, 0.1) is 6.92 Å². The summed E-state index contributed by atoms with van der Waals surface area (Å²) in [6.45, 7) is 6.21. The van der Waals surface area contributed by atoms with Gasteiger partial charge in [0.25, 0.3) is 0 Å². The number of benzene rings is 2. The predicted molar refractivity (Wildman–Crippen MR) is 83.4 cm³/mol. The molecule has 3 nitrogen and oxygen atoms in total. The first kappa shape index (κ1) is 15.1. The number of carbonyl (C=O) groups is 1. The monoisotopic (exact) mass is 284 g/mol. The molecule has 0 saturated carbocycles. The van der Waals surface area contributed by atoms with Gasteiger partial charge in [-0.05, 0) is 60.7 Å². The molecule has 21 heavy (non-hydrogen) atoms. The van der Waals surface area contributed by atoms with E-state index in [2.05, 4.69) is 26.0 Å². The molecule has 2 aromatic carbocycles. The van der Waals surface area contributed by atoms with E-state index in [9.17, 15) is 4.79 Å². The normalized spacial score (nSPS) is 12.0. The minimum absolute atomic E-state index is 0.270. The first-order valence-electron chi connectivity index (χ1n) is 7.13. The van der Waals surface area contributed by atoms with E-state index in [0.717, 1.165) is 17.7 Å². The summed E-state index contributed by atoms with van der Waals surface area (Å²) in [5.74, 6) is 1.04. The highest BCUT2D eigenvalue weighted by molar-refractivity contribution is 5.88. The summed E-state index contributed by atoms with van der Waals surface area (Å²) in [7, 11) is 0. The fourth-order valence-electron chi connectivity index (χ4n) is 2.12. The van der Waals surface area contributed by atoms with Crippen LogP contribution in [0.25, 0.3) is 0 Å². The zero-order valence-corrected chi connectivity index (χ0v) is 12.6. The molecule has 0 aliphatic carbocycles. The number of aryl methyl sites for hydroxylation is 1. The third-order valence-electron chi connectivity index (χ3n) is 3.71. The third-order valence-corrected chi connectivity index (χ3v) is 3.71.